The normalized spacial score (nSPS) is 10.2. The molecule has 1 N–H and O–H groups in total. The molecular weight excluding hydrogens is 306 g/mol. The van der Waals surface area contributed by atoms with Crippen molar-refractivity contribution in [3.63, 3.8) is 0 Å². The third-order valence-corrected chi connectivity index (χ3v) is 3.62. The molecule has 0 aliphatic carbocycles. The molecule has 1 heterocycles. The average Bonchev–Trinajstić information content (AvgIpc) is 3.08. The first-order chi connectivity index (χ1) is 11.6. The summed E-state index contributed by atoms with van der Waals surface area (Å²) in [6, 6.07) is 13.2. The Hall–Kier alpha value is -2.76. The van der Waals surface area contributed by atoms with Gasteiger partial charge in [-0.3, -0.25) is 4.79 Å². The number of benzene rings is 1. The Morgan fingerprint density at radius 1 is 1.00 bits per heavy atom. The Labute approximate surface area is 142 Å². The number of hydrogen-bond donors (Lipinski definition) is 1. The second-order valence-corrected chi connectivity index (χ2v) is 5.65. The fourth-order valence-corrected chi connectivity index (χ4v) is 2.26. The van der Waals surface area contributed by atoms with Gasteiger partial charge in [0, 0.05) is 33.6 Å². The van der Waals surface area contributed by atoms with Crippen LogP contribution in [0.3, 0.4) is 0 Å². The molecule has 2 aromatic rings. The van der Waals surface area contributed by atoms with E-state index in [0.29, 0.717) is 25.4 Å². The van der Waals surface area contributed by atoms with Crippen molar-refractivity contribution in [2.45, 2.75) is 19.5 Å². The van der Waals surface area contributed by atoms with E-state index in [2.05, 4.69) is 5.32 Å². The molecule has 0 aliphatic heterocycles. The third-order valence-electron chi connectivity index (χ3n) is 3.62. The van der Waals surface area contributed by atoms with Crippen molar-refractivity contribution in [3.05, 3.63) is 60.1 Å². The first kappa shape index (κ1) is 17.6. The molecule has 1 aromatic carbocycles. The van der Waals surface area contributed by atoms with E-state index in [4.69, 9.17) is 4.42 Å². The smallest absolute Gasteiger partial charge is 0.317 e. The summed E-state index contributed by atoms with van der Waals surface area (Å²) in [5.41, 5.74) is 1.08. The highest BCUT2D eigenvalue weighted by Gasteiger charge is 2.12. The van der Waals surface area contributed by atoms with Crippen molar-refractivity contribution in [2.24, 2.45) is 0 Å². The quantitative estimate of drug-likeness (QED) is 0.848. The summed E-state index contributed by atoms with van der Waals surface area (Å²) in [6.07, 6.45) is 1.84. The molecule has 24 heavy (non-hydrogen) atoms. The Balaban J connectivity index is 1.68. The molecule has 2 rings (SSSR count). The van der Waals surface area contributed by atoms with Crippen molar-refractivity contribution < 1.29 is 14.0 Å². The molecule has 0 atom stereocenters. The zero-order chi connectivity index (χ0) is 17.4. The summed E-state index contributed by atoms with van der Waals surface area (Å²) in [7, 11) is 3.45. The number of urea groups is 1. The van der Waals surface area contributed by atoms with Crippen LogP contribution in [0, 0.1) is 0 Å². The molecule has 0 fully saturated rings. The van der Waals surface area contributed by atoms with E-state index in [1.807, 2.05) is 36.4 Å². The fourth-order valence-electron chi connectivity index (χ4n) is 2.26. The summed E-state index contributed by atoms with van der Waals surface area (Å²) in [6.45, 7) is 1.26. The van der Waals surface area contributed by atoms with Gasteiger partial charge in [0.05, 0.1) is 12.8 Å². The average molecular weight is 329 g/mol. The Morgan fingerprint density at radius 3 is 2.42 bits per heavy atom. The van der Waals surface area contributed by atoms with Crippen LogP contribution in [-0.2, 0) is 17.9 Å². The van der Waals surface area contributed by atoms with Crippen molar-refractivity contribution in [3.8, 4) is 0 Å². The minimum Gasteiger partial charge on any atom is -0.467 e. The minimum atomic E-state index is -0.232. The highest BCUT2D eigenvalue weighted by atomic mass is 16.3. The molecule has 0 radical (unpaired) electrons. The number of furan rings is 1. The third kappa shape index (κ3) is 5.46. The molecule has 6 heteroatoms. The van der Waals surface area contributed by atoms with E-state index in [1.54, 1.807) is 31.3 Å². The zero-order valence-corrected chi connectivity index (χ0v) is 14.1. The number of nitrogens with zero attached hydrogens (tertiary/aromatic N) is 2. The number of hydrogen-bond acceptors (Lipinski definition) is 3. The monoisotopic (exact) mass is 329 g/mol. The molecule has 3 amide bonds. The fraction of sp³-hybridized carbons (Fsp3) is 0.333. The van der Waals surface area contributed by atoms with E-state index >= 15 is 0 Å². The molecule has 0 saturated heterocycles. The van der Waals surface area contributed by atoms with Gasteiger partial charge in [0.15, 0.2) is 0 Å². The maximum Gasteiger partial charge on any atom is 0.317 e. The number of rotatable bonds is 7. The maximum absolute atomic E-state index is 12.1. The first-order valence-corrected chi connectivity index (χ1v) is 7.85. The van der Waals surface area contributed by atoms with Crippen molar-refractivity contribution in [2.75, 3.05) is 20.6 Å². The minimum absolute atomic E-state index is 0.00663. The summed E-state index contributed by atoms with van der Waals surface area (Å²) < 4.78 is 5.20. The van der Waals surface area contributed by atoms with E-state index < -0.39 is 0 Å². The molecule has 0 aliphatic rings. The van der Waals surface area contributed by atoms with Crippen LogP contribution in [0.4, 0.5) is 4.79 Å². The lowest BCUT2D eigenvalue weighted by molar-refractivity contribution is -0.130. The number of carbonyl (C=O) groups excluding carboxylic acids is 2. The number of nitrogens with one attached hydrogen (secondary N) is 1. The van der Waals surface area contributed by atoms with E-state index in [-0.39, 0.29) is 18.4 Å². The highest BCUT2D eigenvalue weighted by molar-refractivity contribution is 5.78. The van der Waals surface area contributed by atoms with Gasteiger partial charge >= 0.3 is 6.03 Å². The Kier molecular flexibility index (Phi) is 6.42. The summed E-state index contributed by atoms with van der Waals surface area (Å²) in [5, 5.41) is 2.74. The number of carbonyl (C=O) groups is 2. The maximum atomic E-state index is 12.1. The molecule has 1 aromatic heterocycles. The lowest BCUT2D eigenvalue weighted by Crippen LogP contribution is -2.38. The van der Waals surface area contributed by atoms with Gasteiger partial charge in [-0.15, -0.1) is 0 Å². The predicted molar refractivity (Wildman–Crippen MR) is 91.1 cm³/mol. The second kappa shape index (κ2) is 8.76. The summed E-state index contributed by atoms with van der Waals surface area (Å²) >= 11 is 0. The van der Waals surface area contributed by atoms with Crippen molar-refractivity contribution >= 4 is 11.9 Å². The molecule has 0 bridgehead atoms. The topological polar surface area (TPSA) is 65.8 Å². The lowest BCUT2D eigenvalue weighted by Gasteiger charge is -2.19. The SMILES string of the molecule is CN(Cc1ccccc1)C(=O)CCNC(=O)N(C)Cc1ccco1. The van der Waals surface area contributed by atoms with Crippen LogP contribution in [0.5, 0.6) is 0 Å². The highest BCUT2D eigenvalue weighted by Crippen LogP contribution is 2.05. The zero-order valence-electron chi connectivity index (χ0n) is 14.1. The lowest BCUT2D eigenvalue weighted by atomic mass is 10.2. The van der Waals surface area contributed by atoms with Gasteiger partial charge in [-0.25, -0.2) is 4.79 Å². The van der Waals surface area contributed by atoms with Crippen molar-refractivity contribution in [1.29, 1.82) is 0 Å². The van der Waals surface area contributed by atoms with Gasteiger partial charge in [-0.2, -0.15) is 0 Å². The van der Waals surface area contributed by atoms with Gasteiger partial charge in [-0.05, 0) is 17.7 Å². The molecule has 128 valence electrons. The predicted octanol–water partition coefficient (Wildman–Crippen LogP) is 2.47. The standard InChI is InChI=1S/C18H23N3O3/c1-20(13-15-7-4-3-5-8-15)17(22)10-11-19-18(23)21(2)14-16-9-6-12-24-16/h3-9,12H,10-11,13-14H2,1-2H3,(H,19,23). The van der Waals surface area contributed by atoms with Gasteiger partial charge in [-0.1, -0.05) is 30.3 Å². The van der Waals surface area contributed by atoms with Crippen LogP contribution >= 0.6 is 0 Å². The first-order valence-electron chi connectivity index (χ1n) is 7.85. The van der Waals surface area contributed by atoms with Gasteiger partial charge in [0.25, 0.3) is 0 Å². The van der Waals surface area contributed by atoms with Crippen LogP contribution in [0.2, 0.25) is 0 Å². The molecule has 6 nitrogen and oxygen atoms in total. The Bertz CT molecular complexity index is 641. The second-order valence-electron chi connectivity index (χ2n) is 5.65. The van der Waals surface area contributed by atoms with Crippen LogP contribution in [0.1, 0.15) is 17.7 Å². The van der Waals surface area contributed by atoms with Crippen LogP contribution in [0.15, 0.2) is 53.1 Å². The summed E-state index contributed by atoms with van der Waals surface area (Å²) in [4.78, 5) is 27.2. The van der Waals surface area contributed by atoms with Gasteiger partial charge < -0.3 is 19.5 Å². The number of amides is 3. The van der Waals surface area contributed by atoms with E-state index in [0.717, 1.165) is 5.56 Å². The van der Waals surface area contributed by atoms with Gasteiger partial charge in [0.2, 0.25) is 5.91 Å². The van der Waals surface area contributed by atoms with Gasteiger partial charge in [0.1, 0.15) is 5.76 Å². The summed E-state index contributed by atoms with van der Waals surface area (Å²) in [5.74, 6) is 0.708. The van der Waals surface area contributed by atoms with E-state index in [9.17, 15) is 9.59 Å². The van der Waals surface area contributed by atoms with E-state index in [1.165, 1.54) is 4.90 Å². The molecule has 0 unspecified atom stereocenters. The van der Waals surface area contributed by atoms with Crippen molar-refractivity contribution in [1.82, 2.24) is 15.1 Å². The van der Waals surface area contributed by atoms with Crippen LogP contribution in [0.25, 0.3) is 0 Å². The van der Waals surface area contributed by atoms with Crippen LogP contribution in [-0.4, -0.2) is 42.4 Å². The van der Waals surface area contributed by atoms with Crippen LogP contribution < -0.4 is 5.32 Å². The largest absolute Gasteiger partial charge is 0.467 e. The molecule has 0 spiro atoms. The Morgan fingerprint density at radius 2 is 1.75 bits per heavy atom. The molecule has 0 saturated carbocycles. The molecular formula is C18H23N3O3.